The number of aromatic nitrogens is 1. The van der Waals surface area contributed by atoms with Crippen molar-refractivity contribution in [3.8, 4) is 28.5 Å². The lowest BCUT2D eigenvalue weighted by atomic mass is 10.1. The van der Waals surface area contributed by atoms with E-state index in [2.05, 4.69) is 10.3 Å². The molecule has 0 fully saturated rings. The van der Waals surface area contributed by atoms with E-state index in [1.54, 1.807) is 43.9 Å². The highest BCUT2D eigenvalue weighted by Gasteiger charge is 2.16. The van der Waals surface area contributed by atoms with Gasteiger partial charge < -0.3 is 14.2 Å². The molecular weight excluding hydrogens is 398 g/mol. The van der Waals surface area contributed by atoms with Crippen LogP contribution >= 0.6 is 11.3 Å². The van der Waals surface area contributed by atoms with E-state index in [0.29, 0.717) is 22.3 Å². The van der Waals surface area contributed by atoms with Crippen molar-refractivity contribution in [2.75, 3.05) is 26.1 Å². The fourth-order valence-electron chi connectivity index (χ4n) is 2.50. The molecule has 0 unspecified atom stereocenters. The highest BCUT2D eigenvalue weighted by Crippen LogP contribution is 2.35. The molecule has 0 bridgehead atoms. The van der Waals surface area contributed by atoms with Crippen LogP contribution in [0.15, 0.2) is 47.8 Å². The molecule has 0 saturated carbocycles. The fourth-order valence-corrected chi connectivity index (χ4v) is 3.22. The Morgan fingerprint density at radius 3 is 2.69 bits per heavy atom. The minimum atomic E-state index is -0.568. The molecule has 9 nitrogen and oxygen atoms in total. The maximum atomic E-state index is 12.2. The number of nitro groups is 1. The van der Waals surface area contributed by atoms with Crippen molar-refractivity contribution in [1.29, 1.82) is 0 Å². The molecule has 29 heavy (non-hydrogen) atoms. The van der Waals surface area contributed by atoms with Crippen LogP contribution in [0.3, 0.4) is 0 Å². The van der Waals surface area contributed by atoms with E-state index in [9.17, 15) is 14.9 Å². The Balaban J connectivity index is 1.68. The normalized spacial score (nSPS) is 10.3. The van der Waals surface area contributed by atoms with Crippen molar-refractivity contribution in [2.45, 2.75) is 0 Å². The Morgan fingerprint density at radius 2 is 1.97 bits per heavy atom. The SMILES string of the molecule is COc1ccc(OC)c(-c2csc(NC(=O)COc3ccccc3[N+](=O)[O-])n2)c1. The van der Waals surface area contributed by atoms with Crippen LogP contribution in [0.5, 0.6) is 17.2 Å². The van der Waals surface area contributed by atoms with Gasteiger partial charge in [-0.05, 0) is 24.3 Å². The summed E-state index contributed by atoms with van der Waals surface area (Å²) in [6.45, 7) is -0.387. The van der Waals surface area contributed by atoms with Crippen LogP contribution in [0.4, 0.5) is 10.8 Å². The molecule has 3 aromatic rings. The quantitative estimate of drug-likeness (QED) is 0.440. The Kier molecular flexibility index (Phi) is 6.25. The number of anilines is 1. The van der Waals surface area contributed by atoms with Gasteiger partial charge in [-0.1, -0.05) is 12.1 Å². The monoisotopic (exact) mass is 415 g/mol. The van der Waals surface area contributed by atoms with Crippen LogP contribution in [0.1, 0.15) is 0 Å². The molecule has 1 heterocycles. The van der Waals surface area contributed by atoms with E-state index in [1.807, 2.05) is 0 Å². The Hall–Kier alpha value is -3.66. The number of ether oxygens (including phenoxy) is 3. The molecule has 0 atom stereocenters. The minimum absolute atomic E-state index is 0.0218. The molecule has 3 rings (SSSR count). The summed E-state index contributed by atoms with van der Waals surface area (Å²) in [7, 11) is 3.12. The number of hydrogen-bond donors (Lipinski definition) is 1. The first kappa shape index (κ1) is 20.1. The Morgan fingerprint density at radius 1 is 1.17 bits per heavy atom. The van der Waals surface area contributed by atoms with E-state index >= 15 is 0 Å². The zero-order valence-corrected chi connectivity index (χ0v) is 16.4. The van der Waals surface area contributed by atoms with Gasteiger partial charge in [-0.15, -0.1) is 11.3 Å². The second-order valence-electron chi connectivity index (χ2n) is 5.67. The van der Waals surface area contributed by atoms with Crippen molar-refractivity contribution >= 4 is 28.1 Å². The summed E-state index contributed by atoms with van der Waals surface area (Å²) in [5, 5.41) is 15.7. The number of nitrogens with one attached hydrogen (secondary N) is 1. The third-order valence-electron chi connectivity index (χ3n) is 3.85. The van der Waals surface area contributed by atoms with Crippen LogP contribution in [0.2, 0.25) is 0 Å². The van der Waals surface area contributed by atoms with Gasteiger partial charge in [0.15, 0.2) is 17.5 Å². The summed E-state index contributed by atoms with van der Waals surface area (Å²) in [5.74, 6) is 0.807. The maximum Gasteiger partial charge on any atom is 0.310 e. The minimum Gasteiger partial charge on any atom is -0.497 e. The lowest BCUT2D eigenvalue weighted by Crippen LogP contribution is -2.20. The third-order valence-corrected chi connectivity index (χ3v) is 4.61. The predicted octanol–water partition coefficient (Wildman–Crippen LogP) is 3.75. The smallest absolute Gasteiger partial charge is 0.310 e. The summed E-state index contributed by atoms with van der Waals surface area (Å²) >= 11 is 1.23. The third kappa shape index (κ3) is 4.79. The molecule has 0 radical (unpaired) electrons. The van der Waals surface area contributed by atoms with Gasteiger partial charge in [-0.3, -0.25) is 20.2 Å². The number of hydrogen-bond acceptors (Lipinski definition) is 8. The lowest BCUT2D eigenvalue weighted by Gasteiger charge is -2.08. The molecule has 1 amide bonds. The molecule has 0 spiro atoms. The van der Waals surface area contributed by atoms with E-state index < -0.39 is 10.8 Å². The number of para-hydroxylation sites is 2. The largest absolute Gasteiger partial charge is 0.497 e. The number of methoxy groups -OCH3 is 2. The van der Waals surface area contributed by atoms with Gasteiger partial charge in [0.05, 0.1) is 24.8 Å². The molecular formula is C19H17N3O6S. The molecule has 0 aliphatic rings. The molecule has 2 aromatic carbocycles. The van der Waals surface area contributed by atoms with Gasteiger partial charge in [0.1, 0.15) is 11.5 Å². The highest BCUT2D eigenvalue weighted by atomic mass is 32.1. The molecule has 1 aromatic heterocycles. The number of amides is 1. The van der Waals surface area contributed by atoms with Gasteiger partial charge >= 0.3 is 5.69 Å². The Bertz CT molecular complexity index is 1040. The molecule has 10 heteroatoms. The van der Waals surface area contributed by atoms with Crippen molar-refractivity contribution in [1.82, 2.24) is 4.98 Å². The number of benzene rings is 2. The van der Waals surface area contributed by atoms with Gasteiger partial charge in [0, 0.05) is 17.0 Å². The maximum absolute atomic E-state index is 12.2. The van der Waals surface area contributed by atoms with Crippen molar-refractivity contribution in [3.63, 3.8) is 0 Å². The second-order valence-corrected chi connectivity index (χ2v) is 6.52. The van der Waals surface area contributed by atoms with Crippen LogP contribution in [-0.4, -0.2) is 36.6 Å². The van der Waals surface area contributed by atoms with Gasteiger partial charge in [0.25, 0.3) is 5.91 Å². The van der Waals surface area contributed by atoms with Crippen LogP contribution in [-0.2, 0) is 4.79 Å². The number of carbonyl (C=O) groups is 1. The van der Waals surface area contributed by atoms with Gasteiger partial charge in [-0.2, -0.15) is 0 Å². The first-order chi connectivity index (χ1) is 14.0. The summed E-state index contributed by atoms with van der Waals surface area (Å²) in [6.07, 6.45) is 0. The second kappa shape index (κ2) is 9.02. The van der Waals surface area contributed by atoms with Crippen LogP contribution in [0.25, 0.3) is 11.3 Å². The average Bonchev–Trinajstić information content (AvgIpc) is 3.20. The van der Waals surface area contributed by atoms with Crippen LogP contribution < -0.4 is 19.5 Å². The summed E-state index contributed by atoms with van der Waals surface area (Å²) in [5.41, 5.74) is 1.13. The number of nitrogens with zero attached hydrogens (tertiary/aromatic N) is 2. The van der Waals surface area contributed by atoms with E-state index in [-0.39, 0.29) is 18.0 Å². The van der Waals surface area contributed by atoms with Gasteiger partial charge in [0.2, 0.25) is 0 Å². The molecule has 1 N–H and O–H groups in total. The lowest BCUT2D eigenvalue weighted by molar-refractivity contribution is -0.385. The standard InChI is InChI=1S/C19H17N3O6S/c1-26-12-7-8-16(27-2)13(9-12)14-11-29-19(20-14)21-18(23)10-28-17-6-4-3-5-15(17)22(24)25/h3-9,11H,10H2,1-2H3,(H,20,21,23). The van der Waals surface area contributed by atoms with Crippen LogP contribution in [0, 0.1) is 10.1 Å². The molecule has 0 aliphatic heterocycles. The number of thiazole rings is 1. The zero-order chi connectivity index (χ0) is 20.8. The zero-order valence-electron chi connectivity index (χ0n) is 15.6. The van der Waals surface area contributed by atoms with Gasteiger partial charge in [-0.25, -0.2) is 4.98 Å². The van der Waals surface area contributed by atoms with E-state index in [1.165, 1.54) is 29.5 Å². The number of rotatable bonds is 8. The van der Waals surface area contributed by atoms with Crippen molar-refractivity contribution < 1.29 is 23.9 Å². The summed E-state index contributed by atoms with van der Waals surface area (Å²) in [4.78, 5) is 27.0. The summed E-state index contributed by atoms with van der Waals surface area (Å²) < 4.78 is 15.9. The average molecular weight is 415 g/mol. The van der Waals surface area contributed by atoms with E-state index in [4.69, 9.17) is 14.2 Å². The molecule has 0 saturated heterocycles. The predicted molar refractivity (Wildman–Crippen MR) is 108 cm³/mol. The fraction of sp³-hybridized carbons (Fsp3) is 0.158. The summed E-state index contributed by atoms with van der Waals surface area (Å²) in [6, 6.07) is 11.2. The molecule has 150 valence electrons. The first-order valence-electron chi connectivity index (χ1n) is 8.36. The number of carbonyl (C=O) groups excluding carboxylic acids is 1. The molecule has 0 aliphatic carbocycles. The van der Waals surface area contributed by atoms with E-state index in [0.717, 1.165) is 5.56 Å². The van der Waals surface area contributed by atoms with Crippen molar-refractivity contribution in [2.24, 2.45) is 0 Å². The Labute approximate surface area is 170 Å². The first-order valence-corrected chi connectivity index (χ1v) is 9.23. The topological polar surface area (TPSA) is 113 Å². The number of nitro benzene ring substituents is 1. The highest BCUT2D eigenvalue weighted by molar-refractivity contribution is 7.14. The van der Waals surface area contributed by atoms with Crippen molar-refractivity contribution in [3.05, 3.63) is 58.0 Å².